The van der Waals surface area contributed by atoms with Crippen LogP contribution in [0.3, 0.4) is 0 Å². The van der Waals surface area contributed by atoms with Crippen LogP contribution in [0, 0.1) is 12.1 Å². The van der Waals surface area contributed by atoms with Gasteiger partial charge < -0.3 is 5.73 Å². The maximum Gasteiger partial charge on any atom is 0.124 e. The van der Waals surface area contributed by atoms with Gasteiger partial charge >= 0.3 is 0 Å². The summed E-state index contributed by atoms with van der Waals surface area (Å²) in [4.78, 5) is 3.73. The summed E-state index contributed by atoms with van der Waals surface area (Å²) in [5, 5.41) is 0. The number of anilines is 1. The lowest BCUT2D eigenvalue weighted by Crippen LogP contribution is -1.90. The molecule has 2 N–H and O–H groups in total. The van der Waals surface area contributed by atoms with Crippen molar-refractivity contribution in [3.63, 3.8) is 0 Å². The van der Waals surface area contributed by atoms with Crippen LogP contribution in [0.1, 0.15) is 5.69 Å². The van der Waals surface area contributed by atoms with Crippen molar-refractivity contribution in [2.24, 2.45) is 0 Å². The highest BCUT2D eigenvalue weighted by molar-refractivity contribution is 5.35. The van der Waals surface area contributed by atoms with Crippen molar-refractivity contribution in [3.8, 4) is 12.1 Å². The predicted octanol–water partition coefficient (Wildman–Crippen LogP) is 0.942. The van der Waals surface area contributed by atoms with Crippen molar-refractivity contribution in [1.29, 1.82) is 0 Å². The van der Waals surface area contributed by atoms with E-state index in [9.17, 15) is 4.39 Å². The summed E-state index contributed by atoms with van der Waals surface area (Å²) in [7, 11) is 0. The fourth-order valence-electron chi connectivity index (χ4n) is 0.569. The minimum atomic E-state index is 0.347. The summed E-state index contributed by atoms with van der Waals surface area (Å²) >= 11 is 0. The van der Waals surface area contributed by atoms with Crippen LogP contribution < -0.4 is 5.73 Å². The number of hydrogen-bond acceptors (Lipinski definition) is 2. The van der Waals surface area contributed by atoms with Crippen LogP contribution in [0.2, 0.25) is 0 Å². The smallest absolute Gasteiger partial charge is 0.124 e. The Hall–Kier alpha value is -1.56. The number of hydrogen-bond donors (Lipinski definition) is 1. The molecule has 0 unspecified atom stereocenters. The van der Waals surface area contributed by atoms with E-state index in [2.05, 4.69) is 10.9 Å². The molecule has 0 spiro atoms. The number of aromatic nitrogens is 1. The highest BCUT2D eigenvalue weighted by Gasteiger charge is 1.87. The zero-order valence-electron chi connectivity index (χ0n) is 5.13. The fourth-order valence-corrected chi connectivity index (χ4v) is 0.569. The van der Waals surface area contributed by atoms with Gasteiger partial charge in [-0.05, 0) is 18.1 Å². The average Bonchev–Trinajstić information content (AvgIpc) is 1.88. The van der Waals surface area contributed by atoms with Crippen LogP contribution in [0.15, 0.2) is 18.2 Å². The first-order valence-corrected chi connectivity index (χ1v) is 2.67. The van der Waals surface area contributed by atoms with Crippen LogP contribution >= 0.6 is 0 Å². The van der Waals surface area contributed by atoms with Gasteiger partial charge in [0.1, 0.15) is 17.7 Å². The Bertz CT molecular complexity index is 285. The van der Waals surface area contributed by atoms with Gasteiger partial charge in [0.25, 0.3) is 0 Å². The second-order valence-corrected chi connectivity index (χ2v) is 1.67. The number of pyridine rings is 1. The zero-order chi connectivity index (χ0) is 7.40. The second-order valence-electron chi connectivity index (χ2n) is 1.67. The molecule has 2 nitrogen and oxygen atoms in total. The van der Waals surface area contributed by atoms with E-state index in [4.69, 9.17) is 5.73 Å². The van der Waals surface area contributed by atoms with Crippen LogP contribution in [-0.4, -0.2) is 4.98 Å². The SMILES string of the molecule is Nc1cccc(C#CF)n1. The Morgan fingerprint density at radius 3 is 2.90 bits per heavy atom. The molecular weight excluding hydrogens is 131 g/mol. The number of halogens is 1. The number of nitrogen functional groups attached to an aromatic ring is 1. The van der Waals surface area contributed by atoms with E-state index in [-0.39, 0.29) is 0 Å². The molecule has 1 heterocycles. The topological polar surface area (TPSA) is 38.9 Å². The van der Waals surface area contributed by atoms with E-state index in [1.165, 1.54) is 6.17 Å². The van der Waals surface area contributed by atoms with Crippen molar-refractivity contribution in [1.82, 2.24) is 4.98 Å². The molecule has 0 aliphatic carbocycles. The Morgan fingerprint density at radius 2 is 2.30 bits per heavy atom. The third kappa shape index (κ3) is 1.46. The lowest BCUT2D eigenvalue weighted by molar-refractivity contribution is 0.773. The van der Waals surface area contributed by atoms with Crippen LogP contribution in [-0.2, 0) is 0 Å². The Kier molecular flexibility index (Phi) is 1.86. The molecule has 0 bridgehead atoms. The Balaban J connectivity index is 3.03. The quantitative estimate of drug-likeness (QED) is 0.539. The summed E-state index contributed by atoms with van der Waals surface area (Å²) in [6.07, 6.45) is 1.24. The Morgan fingerprint density at radius 1 is 1.50 bits per heavy atom. The van der Waals surface area contributed by atoms with Gasteiger partial charge in [-0.25, -0.2) is 4.98 Å². The van der Waals surface area contributed by atoms with Gasteiger partial charge in [-0.2, -0.15) is 0 Å². The Labute approximate surface area is 57.9 Å². The summed E-state index contributed by atoms with van der Waals surface area (Å²) in [5.41, 5.74) is 5.64. The van der Waals surface area contributed by atoms with Crippen molar-refractivity contribution in [3.05, 3.63) is 23.9 Å². The third-order valence-corrected chi connectivity index (χ3v) is 0.946. The molecule has 0 saturated carbocycles. The standard InChI is InChI=1S/C7H5FN2/c8-5-4-6-2-1-3-7(9)10-6/h1-3H,(H2,9,10). The number of nitrogens with two attached hydrogens (primary N) is 1. The van der Waals surface area contributed by atoms with E-state index in [0.29, 0.717) is 11.5 Å². The molecular formula is C7H5FN2. The van der Waals surface area contributed by atoms with Gasteiger partial charge in [0.15, 0.2) is 0 Å². The maximum absolute atomic E-state index is 11.4. The van der Waals surface area contributed by atoms with Crippen molar-refractivity contribution in [2.45, 2.75) is 0 Å². The van der Waals surface area contributed by atoms with E-state index >= 15 is 0 Å². The number of nitrogens with zero attached hydrogens (tertiary/aromatic N) is 1. The molecule has 0 saturated heterocycles. The van der Waals surface area contributed by atoms with Gasteiger partial charge in [0.05, 0.1) is 0 Å². The molecule has 1 aromatic heterocycles. The van der Waals surface area contributed by atoms with E-state index in [1.807, 2.05) is 0 Å². The molecule has 0 radical (unpaired) electrons. The van der Waals surface area contributed by atoms with Gasteiger partial charge in [0, 0.05) is 0 Å². The summed E-state index contributed by atoms with van der Waals surface area (Å²) in [6.45, 7) is 0. The first-order valence-electron chi connectivity index (χ1n) is 2.67. The molecule has 0 aliphatic heterocycles. The van der Waals surface area contributed by atoms with Crippen molar-refractivity contribution >= 4 is 5.82 Å². The summed E-state index contributed by atoms with van der Waals surface area (Å²) in [6, 6.07) is 4.87. The van der Waals surface area contributed by atoms with Crippen LogP contribution in [0.4, 0.5) is 10.2 Å². The van der Waals surface area contributed by atoms with Gasteiger partial charge in [-0.3, -0.25) is 0 Å². The molecule has 3 heteroatoms. The minimum absolute atomic E-state index is 0.347. The molecule has 0 atom stereocenters. The largest absolute Gasteiger partial charge is 0.384 e. The minimum Gasteiger partial charge on any atom is -0.384 e. The molecule has 0 amide bonds. The fraction of sp³-hybridized carbons (Fsp3) is 0. The predicted molar refractivity (Wildman–Crippen MR) is 36.6 cm³/mol. The van der Waals surface area contributed by atoms with Crippen molar-refractivity contribution < 1.29 is 4.39 Å². The lowest BCUT2D eigenvalue weighted by Gasteiger charge is -1.89. The zero-order valence-corrected chi connectivity index (χ0v) is 5.13. The average molecular weight is 136 g/mol. The highest BCUT2D eigenvalue weighted by atomic mass is 19.1. The molecule has 1 aromatic rings. The molecule has 0 aliphatic rings. The monoisotopic (exact) mass is 136 g/mol. The van der Waals surface area contributed by atoms with Gasteiger partial charge in [-0.15, -0.1) is 4.39 Å². The lowest BCUT2D eigenvalue weighted by atomic mass is 10.3. The van der Waals surface area contributed by atoms with E-state index in [0.717, 1.165) is 0 Å². The summed E-state index contributed by atoms with van der Waals surface area (Å²) < 4.78 is 11.4. The summed E-state index contributed by atoms with van der Waals surface area (Å²) in [5.74, 6) is 2.49. The third-order valence-electron chi connectivity index (χ3n) is 0.946. The van der Waals surface area contributed by atoms with E-state index in [1.54, 1.807) is 18.2 Å². The molecule has 10 heavy (non-hydrogen) atoms. The second kappa shape index (κ2) is 2.83. The molecule has 0 aromatic carbocycles. The molecule has 0 fully saturated rings. The first kappa shape index (κ1) is 6.56. The number of rotatable bonds is 0. The maximum atomic E-state index is 11.4. The molecule has 1 rings (SSSR count). The van der Waals surface area contributed by atoms with Crippen molar-refractivity contribution in [2.75, 3.05) is 5.73 Å². The normalized spacial score (nSPS) is 8.10. The van der Waals surface area contributed by atoms with Crippen LogP contribution in [0.5, 0.6) is 0 Å². The first-order chi connectivity index (χ1) is 4.83. The van der Waals surface area contributed by atoms with E-state index < -0.39 is 0 Å². The van der Waals surface area contributed by atoms with Gasteiger partial charge in [-0.1, -0.05) is 6.07 Å². The molecule has 50 valence electrons. The highest BCUT2D eigenvalue weighted by Crippen LogP contribution is 1.97. The van der Waals surface area contributed by atoms with Gasteiger partial charge in [0.2, 0.25) is 0 Å². The van der Waals surface area contributed by atoms with Crippen LogP contribution in [0.25, 0.3) is 0 Å².